The summed E-state index contributed by atoms with van der Waals surface area (Å²) in [5.74, 6) is 1.23. The van der Waals surface area contributed by atoms with Gasteiger partial charge in [-0.2, -0.15) is 9.97 Å². The van der Waals surface area contributed by atoms with Gasteiger partial charge < -0.3 is 30.7 Å². The van der Waals surface area contributed by atoms with Crippen LogP contribution in [0, 0.1) is 11.8 Å². The van der Waals surface area contributed by atoms with Crippen molar-refractivity contribution in [3.05, 3.63) is 32.5 Å². The Bertz CT molecular complexity index is 2010. The number of fused-ring (bicyclic) bond motifs is 2. The first-order chi connectivity index (χ1) is 29.2. The van der Waals surface area contributed by atoms with Crippen LogP contribution in [-0.2, 0) is 32.2 Å². The van der Waals surface area contributed by atoms with E-state index < -0.39 is 0 Å². The number of hydrogen-bond donors (Lipinski definition) is 2. The molecule has 0 spiro atoms. The van der Waals surface area contributed by atoms with E-state index in [0.29, 0.717) is 51.6 Å². The standard InChI is InChI=1S/2C20H27ClN6O2S/c2*21-20-23-15-10-13(30-17(15)19(24-20)27-6-8-29-9-7-27)11-25-5-2-16(26-3-1-4-26)14(12-25)18(22)28/h2*10,14,16H,1-9,11-12H2,(H2,22,28)/t14-,16+;14-,16-/m10/s1. The Labute approximate surface area is 368 Å². The molecular formula is C40H54Cl2N12O4S2. The SMILES string of the molecule is NC(=O)[C@@H]1CN(Cc2cc3nc(Cl)nc(N4CCOCC4)c3s2)CC[C@@H]1N1CCC1.NC(=O)[C@H]1CN(Cc2cc3nc(Cl)nc(N4CCOCC4)c3s2)CC[C@@H]1N1CCC1. The fourth-order valence-electron chi connectivity index (χ4n) is 9.53. The van der Waals surface area contributed by atoms with Gasteiger partial charge in [-0.25, -0.2) is 9.97 Å². The Morgan fingerprint density at radius 2 is 1.02 bits per heavy atom. The second-order valence-electron chi connectivity index (χ2n) is 16.7. The lowest BCUT2D eigenvalue weighted by molar-refractivity contribution is -0.128. The van der Waals surface area contributed by atoms with Gasteiger partial charge in [-0.15, -0.1) is 22.7 Å². The molecule has 10 rings (SSSR count). The van der Waals surface area contributed by atoms with Crippen LogP contribution in [0.3, 0.4) is 0 Å². The van der Waals surface area contributed by atoms with Crippen LogP contribution in [0.4, 0.5) is 11.6 Å². The highest BCUT2D eigenvalue weighted by atomic mass is 35.5. The van der Waals surface area contributed by atoms with Crippen molar-refractivity contribution >= 4 is 89.8 Å². The number of ether oxygens (including phenoxy) is 2. The maximum atomic E-state index is 12.1. The molecule has 6 aliphatic heterocycles. The van der Waals surface area contributed by atoms with Crippen molar-refractivity contribution in [2.45, 2.75) is 50.9 Å². The zero-order chi connectivity index (χ0) is 41.3. The highest BCUT2D eigenvalue weighted by molar-refractivity contribution is 7.20. The number of primary amides is 2. The molecule has 2 amide bonds. The molecule has 16 nitrogen and oxygen atoms in total. The number of thiophene rings is 2. The van der Waals surface area contributed by atoms with E-state index in [-0.39, 0.29) is 34.2 Å². The van der Waals surface area contributed by atoms with Crippen molar-refractivity contribution in [1.82, 2.24) is 39.5 Å². The minimum absolute atomic E-state index is 0.105. The Balaban J connectivity index is 0.000000154. The van der Waals surface area contributed by atoms with E-state index in [1.165, 1.54) is 22.6 Å². The van der Waals surface area contributed by atoms with Crippen LogP contribution >= 0.6 is 45.9 Å². The van der Waals surface area contributed by atoms with Crippen molar-refractivity contribution in [3.63, 3.8) is 0 Å². The van der Waals surface area contributed by atoms with E-state index in [2.05, 4.69) is 61.5 Å². The summed E-state index contributed by atoms with van der Waals surface area (Å²) in [6, 6.07) is 4.82. The van der Waals surface area contributed by atoms with Crippen LogP contribution in [0.25, 0.3) is 20.4 Å². The number of halogens is 2. The van der Waals surface area contributed by atoms with E-state index in [1.807, 2.05) is 0 Å². The number of rotatable bonds is 10. The van der Waals surface area contributed by atoms with Gasteiger partial charge in [-0.1, -0.05) is 0 Å². The molecule has 0 radical (unpaired) electrons. The quantitative estimate of drug-likeness (QED) is 0.222. The Morgan fingerprint density at radius 1 is 0.617 bits per heavy atom. The number of amides is 2. The molecule has 20 heteroatoms. The Morgan fingerprint density at radius 3 is 1.37 bits per heavy atom. The fourth-order valence-corrected chi connectivity index (χ4v) is 12.2. The monoisotopic (exact) mass is 900 g/mol. The van der Waals surface area contributed by atoms with Crippen LogP contribution in [0.2, 0.25) is 10.6 Å². The van der Waals surface area contributed by atoms with Crippen LogP contribution < -0.4 is 21.3 Å². The number of carbonyl (C=O) groups is 2. The van der Waals surface area contributed by atoms with E-state index in [9.17, 15) is 9.59 Å². The molecule has 60 heavy (non-hydrogen) atoms. The molecule has 4 atom stereocenters. The third-order valence-electron chi connectivity index (χ3n) is 12.9. The van der Waals surface area contributed by atoms with Gasteiger partial charge in [-0.05, 0) is 87.2 Å². The molecule has 10 heterocycles. The van der Waals surface area contributed by atoms with Crippen molar-refractivity contribution in [1.29, 1.82) is 0 Å². The highest BCUT2D eigenvalue weighted by Gasteiger charge is 2.40. The van der Waals surface area contributed by atoms with Crippen molar-refractivity contribution in [2.24, 2.45) is 23.3 Å². The second-order valence-corrected chi connectivity index (χ2v) is 19.6. The lowest BCUT2D eigenvalue weighted by Gasteiger charge is -2.46. The number of anilines is 2. The van der Waals surface area contributed by atoms with E-state index >= 15 is 0 Å². The van der Waals surface area contributed by atoms with Crippen LogP contribution in [0.15, 0.2) is 12.1 Å². The first kappa shape index (κ1) is 42.3. The molecule has 4 aromatic rings. The largest absolute Gasteiger partial charge is 0.378 e. The topological polar surface area (TPSA) is 176 Å². The summed E-state index contributed by atoms with van der Waals surface area (Å²) in [6.07, 6.45) is 4.43. The zero-order valence-corrected chi connectivity index (χ0v) is 37.0. The molecule has 6 fully saturated rings. The lowest BCUT2D eigenvalue weighted by atomic mass is 9.88. The first-order valence-corrected chi connectivity index (χ1v) is 23.6. The van der Waals surface area contributed by atoms with Crippen molar-refractivity contribution < 1.29 is 19.1 Å². The van der Waals surface area contributed by atoms with Crippen molar-refractivity contribution in [2.75, 3.05) is 115 Å². The normalized spacial score (nSPS) is 26.1. The smallest absolute Gasteiger partial charge is 0.224 e. The van der Waals surface area contributed by atoms with Crippen molar-refractivity contribution in [3.8, 4) is 0 Å². The number of morpholine rings is 2. The molecule has 0 unspecified atom stereocenters. The fraction of sp³-hybridized carbons (Fsp3) is 0.650. The number of likely N-dealkylation sites (tertiary alicyclic amines) is 4. The second kappa shape index (κ2) is 18.7. The summed E-state index contributed by atoms with van der Waals surface area (Å²) in [5.41, 5.74) is 13.3. The summed E-state index contributed by atoms with van der Waals surface area (Å²) in [7, 11) is 0. The van der Waals surface area contributed by atoms with Gasteiger partial charge in [-0.3, -0.25) is 29.2 Å². The predicted molar refractivity (Wildman–Crippen MR) is 236 cm³/mol. The molecule has 0 saturated carbocycles. The third kappa shape index (κ3) is 9.33. The van der Waals surface area contributed by atoms with Crippen LogP contribution in [0.5, 0.6) is 0 Å². The van der Waals surface area contributed by atoms with Gasteiger partial charge in [0.25, 0.3) is 0 Å². The molecule has 0 aromatic carbocycles. The molecule has 324 valence electrons. The van der Waals surface area contributed by atoms with Gasteiger partial charge in [0, 0.05) is 87.3 Å². The summed E-state index contributed by atoms with van der Waals surface area (Å²) >= 11 is 15.9. The number of aromatic nitrogens is 4. The van der Waals surface area contributed by atoms with Gasteiger partial charge in [0.15, 0.2) is 11.6 Å². The molecular weight excluding hydrogens is 848 g/mol. The zero-order valence-electron chi connectivity index (χ0n) is 33.9. The molecule has 0 aliphatic carbocycles. The molecule has 6 aliphatic rings. The predicted octanol–water partition coefficient (Wildman–Crippen LogP) is 3.13. The minimum atomic E-state index is -0.180. The number of nitrogens with zero attached hydrogens (tertiary/aromatic N) is 10. The number of hydrogen-bond acceptors (Lipinski definition) is 16. The first-order valence-electron chi connectivity index (χ1n) is 21.3. The van der Waals surface area contributed by atoms with Crippen LogP contribution in [0.1, 0.15) is 35.4 Å². The lowest BCUT2D eigenvalue weighted by Crippen LogP contribution is -2.58. The average Bonchev–Trinajstić information content (AvgIpc) is 3.80. The maximum Gasteiger partial charge on any atom is 0.224 e. The highest BCUT2D eigenvalue weighted by Crippen LogP contribution is 2.37. The van der Waals surface area contributed by atoms with Gasteiger partial charge in [0.1, 0.15) is 0 Å². The van der Waals surface area contributed by atoms with Gasteiger partial charge >= 0.3 is 0 Å². The third-order valence-corrected chi connectivity index (χ3v) is 15.5. The molecule has 0 bridgehead atoms. The summed E-state index contributed by atoms with van der Waals surface area (Å²) in [6.45, 7) is 15.3. The number of carbonyl (C=O) groups excluding carboxylic acids is 2. The Hall–Kier alpha value is -3.04. The van der Waals surface area contributed by atoms with E-state index in [1.54, 1.807) is 22.7 Å². The number of nitrogens with two attached hydrogens (primary N) is 2. The van der Waals surface area contributed by atoms with E-state index in [4.69, 9.17) is 44.1 Å². The molecule has 4 N–H and O–H groups in total. The Kier molecular flexibility index (Phi) is 13.2. The van der Waals surface area contributed by atoms with Gasteiger partial charge in [0.05, 0.1) is 58.7 Å². The summed E-state index contributed by atoms with van der Waals surface area (Å²) in [4.78, 5) is 58.6. The summed E-state index contributed by atoms with van der Waals surface area (Å²) < 4.78 is 13.1. The number of piperidine rings is 2. The molecule has 4 aromatic heterocycles. The maximum absolute atomic E-state index is 12.1. The van der Waals surface area contributed by atoms with Gasteiger partial charge in [0.2, 0.25) is 22.4 Å². The van der Waals surface area contributed by atoms with E-state index in [0.717, 1.165) is 123 Å². The van der Waals surface area contributed by atoms with Crippen LogP contribution in [-0.4, -0.2) is 168 Å². The average molecular weight is 902 g/mol. The molecule has 6 saturated heterocycles. The summed E-state index contributed by atoms with van der Waals surface area (Å²) in [5, 5.41) is 0.551. The minimum Gasteiger partial charge on any atom is -0.378 e.